The smallest absolute Gasteiger partial charge is 0.167 e. The lowest BCUT2D eigenvalue weighted by Crippen LogP contribution is -2.32. The van der Waals surface area contributed by atoms with Crippen LogP contribution in [0.4, 0.5) is 0 Å². The van der Waals surface area contributed by atoms with E-state index < -0.39 is 12.5 Å². The highest BCUT2D eigenvalue weighted by Gasteiger charge is 2.35. The van der Waals surface area contributed by atoms with E-state index in [-0.39, 0.29) is 62.7 Å². The second-order valence-electron chi connectivity index (χ2n) is 9.46. The molecule has 0 amide bonds. The fraction of sp³-hybridized carbons (Fsp3) is 0.464. The Morgan fingerprint density at radius 2 is 1.92 bits per heavy atom. The van der Waals surface area contributed by atoms with Gasteiger partial charge in [-0.2, -0.15) is 0 Å². The average Bonchev–Trinajstić information content (AvgIpc) is 2.79. The van der Waals surface area contributed by atoms with Crippen molar-refractivity contribution >= 4 is 17.3 Å². The fourth-order valence-electron chi connectivity index (χ4n) is 5.28. The van der Waals surface area contributed by atoms with Crippen molar-refractivity contribution in [3.8, 4) is 16.9 Å². The maximum atomic E-state index is 13.1. The van der Waals surface area contributed by atoms with E-state index in [0.717, 1.165) is 22.3 Å². The predicted molar refractivity (Wildman–Crippen MR) is 139 cm³/mol. The molecule has 0 saturated carbocycles. The number of carbonyl (C=O) groups is 3. The molecule has 5 N–H and O–H groups in total. The number of hydrogen-bond donors (Lipinski definition) is 3. The summed E-state index contributed by atoms with van der Waals surface area (Å²) in [6.45, 7) is 1.21. The monoisotopic (exact) mass is 504 g/mol. The number of aromatic hydroxyl groups is 1. The number of aliphatic hydroxyl groups is 2. The van der Waals surface area contributed by atoms with Crippen molar-refractivity contribution in [3.63, 3.8) is 0 Å². The number of fused-ring (bicyclic) bond motifs is 1. The Hall–Kier alpha value is -2.91. The second kappa shape index (κ2) is 13.4. The van der Waals surface area contributed by atoms with Gasteiger partial charge < -0.3 is 25.5 Å². The molecule has 2 aromatic carbocycles. The van der Waals surface area contributed by atoms with E-state index in [9.17, 15) is 29.7 Å². The molecular weight excluding hydrogens is 464 g/mol. The number of benzene rings is 2. The first-order valence-corrected chi connectivity index (χ1v) is 12.0. The summed E-state index contributed by atoms with van der Waals surface area (Å²) in [6, 6.07) is 11.2. The van der Waals surface area contributed by atoms with Gasteiger partial charge in [0.05, 0.1) is 25.2 Å². The number of Topliss-reactive ketones (excluding diaryl/α,β-unsaturated/α-hetero) is 3. The van der Waals surface area contributed by atoms with Crippen LogP contribution >= 0.6 is 0 Å². The van der Waals surface area contributed by atoms with Crippen LogP contribution in [0.15, 0.2) is 36.4 Å². The molecule has 0 radical (unpaired) electrons. The summed E-state index contributed by atoms with van der Waals surface area (Å²) in [5, 5.41) is 30.0. The molecule has 8 nitrogen and oxygen atoms in total. The summed E-state index contributed by atoms with van der Waals surface area (Å²) < 4.78 is 5.24. The van der Waals surface area contributed by atoms with Crippen molar-refractivity contribution in [2.45, 2.75) is 45.6 Å². The van der Waals surface area contributed by atoms with E-state index in [0.29, 0.717) is 31.4 Å². The van der Waals surface area contributed by atoms with Crippen molar-refractivity contribution in [2.24, 2.45) is 17.8 Å². The molecule has 1 aliphatic carbocycles. The van der Waals surface area contributed by atoms with Gasteiger partial charge in [-0.05, 0) is 72.4 Å². The van der Waals surface area contributed by atoms with Crippen molar-refractivity contribution in [1.82, 2.24) is 0 Å². The van der Waals surface area contributed by atoms with Crippen molar-refractivity contribution in [3.05, 3.63) is 53.1 Å². The van der Waals surface area contributed by atoms with Crippen molar-refractivity contribution in [2.75, 3.05) is 20.3 Å². The van der Waals surface area contributed by atoms with Crippen molar-refractivity contribution in [1.29, 1.82) is 0 Å². The molecule has 200 valence electrons. The number of carbonyl (C=O) groups excluding carboxylic acids is 3. The van der Waals surface area contributed by atoms with E-state index in [1.165, 1.54) is 6.92 Å². The van der Waals surface area contributed by atoms with Gasteiger partial charge in [-0.25, -0.2) is 0 Å². The summed E-state index contributed by atoms with van der Waals surface area (Å²) in [5.74, 6) is -2.07. The van der Waals surface area contributed by atoms with Crippen molar-refractivity contribution < 1.29 is 42.8 Å². The molecule has 3 unspecified atom stereocenters. The third-order valence-corrected chi connectivity index (χ3v) is 6.82. The minimum Gasteiger partial charge on any atom is -0.507 e. The minimum absolute atomic E-state index is 0. The van der Waals surface area contributed by atoms with Crippen LogP contribution in [0.2, 0.25) is 0 Å². The molecule has 8 heteroatoms. The fourth-order valence-corrected chi connectivity index (χ4v) is 5.28. The standard InChI is InChI=1S/C28H34O7.H2O.2H2/c1-17(31)10-26(33)24(15-30)21(8-9-29)12-19-13-23-22(6-7-25(32)28(23)27(34)14-19)20-5-3-4-18(11-20)16-35-2;;;/h3-7,11,19,21,24,29-30,32H,8-10,12-16H2,1-2H3;1H2;2*1H. The SMILES string of the molecule is COCc1cccc(-c2ccc(O)c3c2CC(CC(CCO)C(CO)C(=O)CC(C)=O)CC3=O)c1.O.[HH].[HH]. The molecule has 3 atom stereocenters. The minimum atomic E-state index is -0.767. The highest BCUT2D eigenvalue weighted by atomic mass is 16.5. The van der Waals surface area contributed by atoms with Gasteiger partial charge in [0, 0.05) is 28.9 Å². The number of methoxy groups -OCH3 is 1. The molecule has 3 rings (SSSR count). The summed E-state index contributed by atoms with van der Waals surface area (Å²) in [5.41, 5.74) is 3.86. The van der Waals surface area contributed by atoms with Crippen LogP contribution in [0.25, 0.3) is 11.1 Å². The van der Waals surface area contributed by atoms with E-state index in [4.69, 9.17) is 4.74 Å². The first-order chi connectivity index (χ1) is 16.8. The van der Waals surface area contributed by atoms with Crippen LogP contribution in [-0.2, 0) is 27.4 Å². The topological polar surface area (TPSA) is 153 Å². The summed E-state index contributed by atoms with van der Waals surface area (Å²) in [6.07, 6.45) is 1.20. The normalized spacial score (nSPS) is 16.6. The Morgan fingerprint density at radius 1 is 1.17 bits per heavy atom. The molecule has 0 spiro atoms. The zero-order valence-corrected chi connectivity index (χ0v) is 20.8. The number of phenols is 1. The number of phenolic OH excluding ortho intramolecular Hbond substituents is 1. The predicted octanol–water partition coefficient (Wildman–Crippen LogP) is 3.16. The molecule has 1 aliphatic rings. The Bertz CT molecular complexity index is 1090. The van der Waals surface area contributed by atoms with Gasteiger partial charge in [-0.1, -0.05) is 24.3 Å². The molecule has 0 aromatic heterocycles. The van der Waals surface area contributed by atoms with Gasteiger partial charge in [-0.3, -0.25) is 14.4 Å². The van der Waals surface area contributed by atoms with E-state index in [1.807, 2.05) is 30.3 Å². The average molecular weight is 505 g/mol. The molecule has 0 saturated heterocycles. The van der Waals surface area contributed by atoms with Gasteiger partial charge >= 0.3 is 0 Å². The molecule has 2 aromatic rings. The van der Waals surface area contributed by atoms with Crippen LogP contribution in [0, 0.1) is 17.8 Å². The quantitative estimate of drug-likeness (QED) is 0.375. The highest BCUT2D eigenvalue weighted by molar-refractivity contribution is 6.03. The van der Waals surface area contributed by atoms with Gasteiger partial charge in [0.25, 0.3) is 0 Å². The molecule has 0 aliphatic heterocycles. The Morgan fingerprint density at radius 3 is 2.56 bits per heavy atom. The number of rotatable bonds is 12. The molecule has 36 heavy (non-hydrogen) atoms. The second-order valence-corrected chi connectivity index (χ2v) is 9.46. The first kappa shape index (κ1) is 29.3. The van der Waals surface area contributed by atoms with Crippen LogP contribution in [-0.4, -0.2) is 58.5 Å². The number of ketones is 3. The van der Waals surface area contributed by atoms with Crippen LogP contribution in [0.5, 0.6) is 5.75 Å². The summed E-state index contributed by atoms with van der Waals surface area (Å²) in [7, 11) is 1.63. The largest absolute Gasteiger partial charge is 0.507 e. The van der Waals surface area contributed by atoms with Gasteiger partial charge in [0.15, 0.2) is 5.78 Å². The Balaban J connectivity index is 0.00000456. The maximum absolute atomic E-state index is 13.1. The lowest BCUT2D eigenvalue weighted by molar-refractivity contribution is -0.131. The first-order valence-electron chi connectivity index (χ1n) is 12.0. The van der Waals surface area contributed by atoms with E-state index in [2.05, 4.69) is 0 Å². The lowest BCUT2D eigenvalue weighted by atomic mass is 9.72. The number of hydrogen-bond acceptors (Lipinski definition) is 7. The third-order valence-electron chi connectivity index (χ3n) is 6.82. The van der Waals surface area contributed by atoms with Gasteiger partial charge in [0.1, 0.15) is 17.3 Å². The van der Waals surface area contributed by atoms with E-state index >= 15 is 0 Å². The molecule has 0 fully saturated rings. The number of aliphatic hydroxyl groups excluding tert-OH is 2. The molecule has 0 bridgehead atoms. The van der Waals surface area contributed by atoms with Crippen LogP contribution < -0.4 is 0 Å². The van der Waals surface area contributed by atoms with Gasteiger partial charge in [0.2, 0.25) is 0 Å². The summed E-state index contributed by atoms with van der Waals surface area (Å²) >= 11 is 0. The Kier molecular flexibility index (Phi) is 10.9. The third kappa shape index (κ3) is 6.85. The van der Waals surface area contributed by atoms with Crippen LogP contribution in [0.3, 0.4) is 0 Å². The zero-order valence-electron chi connectivity index (χ0n) is 20.8. The molecule has 0 heterocycles. The maximum Gasteiger partial charge on any atom is 0.167 e. The van der Waals surface area contributed by atoms with Gasteiger partial charge in [-0.15, -0.1) is 0 Å². The summed E-state index contributed by atoms with van der Waals surface area (Å²) in [4.78, 5) is 37.2. The number of ether oxygens (including phenoxy) is 1. The Labute approximate surface area is 214 Å². The molecular formula is C28H40O8. The van der Waals surface area contributed by atoms with E-state index in [1.54, 1.807) is 13.2 Å². The highest BCUT2D eigenvalue weighted by Crippen LogP contribution is 2.41. The van der Waals surface area contributed by atoms with Crippen LogP contribution in [0.1, 0.15) is 56.9 Å². The zero-order chi connectivity index (χ0) is 25.5. The lowest BCUT2D eigenvalue weighted by Gasteiger charge is -2.31.